The van der Waals surface area contributed by atoms with E-state index in [9.17, 15) is 0 Å². The first kappa shape index (κ1) is 20.0. The fourth-order valence-corrected chi connectivity index (χ4v) is 6.00. The van der Waals surface area contributed by atoms with Crippen LogP contribution in [0.5, 0.6) is 0 Å². The van der Waals surface area contributed by atoms with Gasteiger partial charge in [0.05, 0.1) is 0 Å². The molecule has 0 aliphatic heterocycles. The molecule has 1 aromatic rings. The van der Waals surface area contributed by atoms with Crippen LogP contribution in [-0.2, 0) is 0 Å². The van der Waals surface area contributed by atoms with Crippen molar-refractivity contribution in [3.05, 3.63) is 34.9 Å². The smallest absolute Gasteiger partial charge is 0.0156 e. The Hall–Kier alpha value is 0.220. The van der Waals surface area contributed by atoms with Gasteiger partial charge in [-0.25, -0.2) is 0 Å². The van der Waals surface area contributed by atoms with Gasteiger partial charge in [-0.15, -0.1) is 0 Å². The van der Waals surface area contributed by atoms with Crippen molar-refractivity contribution >= 4 is 29.6 Å². The molecule has 3 aliphatic rings. The third-order valence-electron chi connectivity index (χ3n) is 7.28. The fraction of sp³-hybridized carbons (Fsp3) is 0.750. The molecule has 25 heavy (non-hydrogen) atoms. The van der Waals surface area contributed by atoms with Gasteiger partial charge < -0.3 is 0 Å². The zero-order valence-electron chi connectivity index (χ0n) is 15.6. The van der Waals surface area contributed by atoms with Crippen LogP contribution in [0.4, 0.5) is 0 Å². The summed E-state index contributed by atoms with van der Waals surface area (Å²) in [6.45, 7) is 0. The molecule has 0 aromatic heterocycles. The van der Waals surface area contributed by atoms with Crippen LogP contribution < -0.4 is 0 Å². The number of benzene rings is 1. The Labute approximate surface area is 177 Å². The van der Waals surface area contributed by atoms with E-state index in [2.05, 4.69) is 18.2 Å². The first-order chi connectivity index (χ1) is 11.9. The van der Waals surface area contributed by atoms with Crippen LogP contribution in [0.3, 0.4) is 0 Å². The van der Waals surface area contributed by atoms with E-state index in [1.54, 1.807) is 11.1 Å². The maximum atomic E-state index is 2.53. The second-order valence-electron chi connectivity index (χ2n) is 8.85. The van der Waals surface area contributed by atoms with Crippen LogP contribution in [0.1, 0.15) is 131 Å². The van der Waals surface area contributed by atoms with Crippen LogP contribution in [-0.4, -0.2) is 29.6 Å². The minimum atomic E-state index is 0. The Morgan fingerprint density at radius 3 is 1.24 bits per heavy atom. The van der Waals surface area contributed by atoms with E-state index >= 15 is 0 Å². The van der Waals surface area contributed by atoms with Gasteiger partial charge in [0, 0.05) is 0 Å². The Bertz CT molecular complexity index is 481. The van der Waals surface area contributed by atoms with Gasteiger partial charge in [0.2, 0.25) is 0 Å². The molecule has 1 heteroatoms. The van der Waals surface area contributed by atoms with Crippen molar-refractivity contribution in [1.29, 1.82) is 0 Å². The van der Waals surface area contributed by atoms with Crippen LogP contribution in [0.25, 0.3) is 0 Å². The Kier molecular flexibility index (Phi) is 7.95. The topological polar surface area (TPSA) is 0 Å². The second-order valence-corrected chi connectivity index (χ2v) is 8.85. The van der Waals surface area contributed by atoms with Gasteiger partial charge in [0.15, 0.2) is 0 Å². The van der Waals surface area contributed by atoms with Gasteiger partial charge in [0.25, 0.3) is 0 Å². The standard InChI is InChI=1S/C24H36.Na.H/c1-4-11-19(12-5-1)22-17-10-18-23(20-13-6-2-7-14-20)24(22)21-15-8-3-9-16-21;;/h10,17-21H,1-9,11-16H2;;. The first-order valence-electron chi connectivity index (χ1n) is 11.1. The third kappa shape index (κ3) is 4.74. The molecule has 3 fully saturated rings. The van der Waals surface area contributed by atoms with Crippen molar-refractivity contribution < 1.29 is 0 Å². The molecule has 0 bridgehead atoms. The Morgan fingerprint density at radius 1 is 0.480 bits per heavy atom. The molecule has 0 nitrogen and oxygen atoms in total. The van der Waals surface area contributed by atoms with Crippen LogP contribution in [0.2, 0.25) is 0 Å². The molecule has 0 N–H and O–H groups in total. The fourth-order valence-electron chi connectivity index (χ4n) is 6.00. The van der Waals surface area contributed by atoms with E-state index in [4.69, 9.17) is 0 Å². The molecule has 0 amide bonds. The zero-order valence-corrected chi connectivity index (χ0v) is 15.6. The minimum absolute atomic E-state index is 0. The molecule has 0 saturated heterocycles. The molecule has 3 aliphatic carbocycles. The molecular weight excluding hydrogens is 311 g/mol. The number of hydrogen-bond donors (Lipinski definition) is 0. The molecule has 4 rings (SSSR count). The molecule has 0 unspecified atom stereocenters. The quantitative estimate of drug-likeness (QED) is 0.507. The van der Waals surface area contributed by atoms with Crippen molar-refractivity contribution in [1.82, 2.24) is 0 Å². The van der Waals surface area contributed by atoms with Crippen molar-refractivity contribution in [3.8, 4) is 0 Å². The summed E-state index contributed by atoms with van der Waals surface area (Å²) >= 11 is 0. The van der Waals surface area contributed by atoms with E-state index in [1.807, 2.05) is 5.56 Å². The number of hydrogen-bond acceptors (Lipinski definition) is 0. The van der Waals surface area contributed by atoms with Crippen LogP contribution >= 0.6 is 0 Å². The van der Waals surface area contributed by atoms with Crippen LogP contribution in [0.15, 0.2) is 18.2 Å². The maximum absolute atomic E-state index is 2.53. The summed E-state index contributed by atoms with van der Waals surface area (Å²) in [4.78, 5) is 0. The normalized spacial score (nSPS) is 24.0. The van der Waals surface area contributed by atoms with Gasteiger partial charge >= 0.3 is 29.6 Å². The summed E-state index contributed by atoms with van der Waals surface area (Å²) in [5.41, 5.74) is 5.46. The monoisotopic (exact) mass is 348 g/mol. The molecule has 0 radical (unpaired) electrons. The molecule has 3 saturated carbocycles. The van der Waals surface area contributed by atoms with Gasteiger partial charge in [-0.2, -0.15) is 0 Å². The van der Waals surface area contributed by atoms with Gasteiger partial charge in [-0.1, -0.05) is 76.0 Å². The average Bonchev–Trinajstić information content (AvgIpc) is 2.69. The molecule has 1 aromatic carbocycles. The summed E-state index contributed by atoms with van der Waals surface area (Å²) in [7, 11) is 0. The van der Waals surface area contributed by atoms with Crippen molar-refractivity contribution in [2.24, 2.45) is 0 Å². The molecule has 0 spiro atoms. The van der Waals surface area contributed by atoms with Crippen molar-refractivity contribution in [3.63, 3.8) is 0 Å². The summed E-state index contributed by atoms with van der Waals surface area (Å²) in [5.74, 6) is 2.63. The summed E-state index contributed by atoms with van der Waals surface area (Å²) in [6.07, 6.45) is 21.9. The van der Waals surface area contributed by atoms with E-state index in [0.29, 0.717) is 0 Å². The van der Waals surface area contributed by atoms with E-state index < -0.39 is 0 Å². The van der Waals surface area contributed by atoms with Crippen molar-refractivity contribution in [2.75, 3.05) is 0 Å². The zero-order chi connectivity index (χ0) is 16.2. The van der Waals surface area contributed by atoms with Crippen LogP contribution in [0, 0.1) is 0 Å². The minimum Gasteiger partial charge on any atom is -0.0617 e. The van der Waals surface area contributed by atoms with E-state index in [0.717, 1.165) is 17.8 Å². The van der Waals surface area contributed by atoms with E-state index in [-0.39, 0.29) is 29.6 Å². The van der Waals surface area contributed by atoms with Gasteiger partial charge in [-0.3, -0.25) is 0 Å². The third-order valence-corrected chi connectivity index (χ3v) is 7.28. The molecular formula is C24H37Na. The summed E-state index contributed by atoms with van der Waals surface area (Å²) in [6, 6.07) is 7.48. The molecule has 0 atom stereocenters. The van der Waals surface area contributed by atoms with Gasteiger partial charge in [-0.05, 0) is 73.0 Å². The average molecular weight is 349 g/mol. The second kappa shape index (κ2) is 9.95. The largest absolute Gasteiger partial charge is 0.0617 e. The van der Waals surface area contributed by atoms with Crippen molar-refractivity contribution in [2.45, 2.75) is 114 Å². The SMILES string of the molecule is [NaH].c1cc(C2CCCCC2)c(C2CCCCC2)c(C2CCCCC2)c1. The Morgan fingerprint density at radius 2 is 0.840 bits per heavy atom. The Balaban J connectivity index is 0.00000182. The predicted molar refractivity (Wildman–Crippen MR) is 111 cm³/mol. The number of rotatable bonds is 3. The van der Waals surface area contributed by atoms with Gasteiger partial charge in [0.1, 0.15) is 0 Å². The molecule has 134 valence electrons. The first-order valence-corrected chi connectivity index (χ1v) is 11.1. The summed E-state index contributed by atoms with van der Waals surface area (Å²) < 4.78 is 0. The maximum Gasteiger partial charge on any atom is -0.0156 e. The predicted octanol–water partition coefficient (Wildman–Crippen LogP) is 7.18. The molecule has 0 heterocycles. The summed E-state index contributed by atoms with van der Waals surface area (Å²) in [5, 5.41) is 0. The van der Waals surface area contributed by atoms with E-state index in [1.165, 1.54) is 96.3 Å².